The Labute approximate surface area is 170 Å². The summed E-state index contributed by atoms with van der Waals surface area (Å²) in [5, 5.41) is 9.87. The zero-order chi connectivity index (χ0) is 20.0. The second-order valence-electron chi connectivity index (χ2n) is 7.01. The number of benzene rings is 1. The monoisotopic (exact) mass is 410 g/mol. The van der Waals surface area contributed by atoms with Crippen LogP contribution in [0.3, 0.4) is 0 Å². The van der Waals surface area contributed by atoms with E-state index in [1.165, 1.54) is 12.1 Å². The van der Waals surface area contributed by atoms with E-state index in [-0.39, 0.29) is 5.82 Å². The van der Waals surface area contributed by atoms with Crippen molar-refractivity contribution in [2.24, 2.45) is 0 Å². The van der Waals surface area contributed by atoms with E-state index in [2.05, 4.69) is 30.0 Å². The molecule has 0 unspecified atom stereocenters. The summed E-state index contributed by atoms with van der Waals surface area (Å²) in [5.41, 5.74) is 2.98. The quantitative estimate of drug-likeness (QED) is 0.508. The van der Waals surface area contributed by atoms with Gasteiger partial charge in [-0.3, -0.25) is 0 Å². The molecule has 0 radical (unpaired) electrons. The molecule has 1 aliphatic heterocycles. The number of hydrogen-bond donors (Lipinski definition) is 0. The normalized spacial score (nSPS) is 14.7. The van der Waals surface area contributed by atoms with Crippen LogP contribution in [-0.4, -0.2) is 46.3 Å². The van der Waals surface area contributed by atoms with Gasteiger partial charge in [0.25, 0.3) is 6.01 Å². The summed E-state index contributed by atoms with van der Waals surface area (Å²) < 4.78 is 19.1. The number of halogens is 1. The maximum Gasteiger partial charge on any atom is 0.298 e. The predicted molar refractivity (Wildman–Crippen MR) is 111 cm³/mol. The van der Waals surface area contributed by atoms with Crippen molar-refractivity contribution in [1.29, 1.82) is 0 Å². The standard InChI is InChI=1S/C20H19FN6OS/c1-12-19(29-13(2)22-12)16-5-6-18(25-24-16)26-7-9-27(10-8-26)20-23-15-4-3-14(21)11-17(15)28-20/h3-6,11H,7-10H2,1-2H3. The first-order valence-corrected chi connectivity index (χ1v) is 10.2. The molecule has 9 heteroatoms. The van der Waals surface area contributed by atoms with E-state index in [9.17, 15) is 4.39 Å². The summed E-state index contributed by atoms with van der Waals surface area (Å²) in [6.07, 6.45) is 0. The molecule has 1 fully saturated rings. The molecule has 1 aliphatic rings. The van der Waals surface area contributed by atoms with E-state index in [0.29, 0.717) is 17.1 Å². The number of fused-ring (bicyclic) bond motifs is 1. The highest BCUT2D eigenvalue weighted by Crippen LogP contribution is 2.29. The van der Waals surface area contributed by atoms with Crippen molar-refractivity contribution in [3.63, 3.8) is 0 Å². The molecule has 5 rings (SSSR count). The Morgan fingerprint density at radius 1 is 0.966 bits per heavy atom. The van der Waals surface area contributed by atoms with E-state index in [4.69, 9.17) is 4.42 Å². The highest BCUT2D eigenvalue weighted by Gasteiger charge is 2.22. The van der Waals surface area contributed by atoms with Gasteiger partial charge in [0.15, 0.2) is 11.4 Å². The average molecular weight is 410 g/mol. The van der Waals surface area contributed by atoms with E-state index in [1.807, 2.05) is 26.0 Å². The minimum Gasteiger partial charge on any atom is -0.423 e. The molecule has 0 N–H and O–H groups in total. The van der Waals surface area contributed by atoms with Gasteiger partial charge in [-0.15, -0.1) is 21.5 Å². The van der Waals surface area contributed by atoms with Gasteiger partial charge in [-0.2, -0.15) is 4.98 Å². The number of aryl methyl sites for hydroxylation is 2. The highest BCUT2D eigenvalue weighted by atomic mass is 32.1. The van der Waals surface area contributed by atoms with Gasteiger partial charge in [-0.05, 0) is 38.1 Å². The van der Waals surface area contributed by atoms with Crippen LogP contribution in [0.1, 0.15) is 10.7 Å². The van der Waals surface area contributed by atoms with Crippen LogP contribution in [-0.2, 0) is 0 Å². The van der Waals surface area contributed by atoms with Crippen LogP contribution in [0.15, 0.2) is 34.7 Å². The second-order valence-corrected chi connectivity index (χ2v) is 8.21. The van der Waals surface area contributed by atoms with Gasteiger partial charge in [0.2, 0.25) is 0 Å². The minimum atomic E-state index is -0.323. The molecule has 0 bridgehead atoms. The third-order valence-electron chi connectivity index (χ3n) is 5.00. The topological polar surface area (TPSA) is 71.2 Å². The van der Waals surface area contributed by atoms with E-state index < -0.39 is 0 Å². The first-order chi connectivity index (χ1) is 14.1. The molecule has 1 saturated heterocycles. The predicted octanol–water partition coefficient (Wildman–Crippen LogP) is 3.82. The van der Waals surface area contributed by atoms with Gasteiger partial charge < -0.3 is 14.2 Å². The van der Waals surface area contributed by atoms with Crippen LogP contribution in [0.5, 0.6) is 0 Å². The van der Waals surface area contributed by atoms with Crippen LogP contribution in [0, 0.1) is 19.7 Å². The first kappa shape index (κ1) is 18.0. The summed E-state index contributed by atoms with van der Waals surface area (Å²) in [6, 6.07) is 8.94. The summed E-state index contributed by atoms with van der Waals surface area (Å²) in [4.78, 5) is 14.3. The molecule has 4 aromatic rings. The van der Waals surface area contributed by atoms with Gasteiger partial charge in [0.1, 0.15) is 17.0 Å². The molecular formula is C20H19FN6OS. The SMILES string of the molecule is Cc1nc(C)c(-c2ccc(N3CCN(c4nc5ccc(F)cc5o4)CC3)nn2)s1. The van der Waals surface area contributed by atoms with Gasteiger partial charge in [-0.25, -0.2) is 9.37 Å². The fraction of sp³-hybridized carbons (Fsp3) is 0.300. The number of oxazole rings is 1. The molecule has 148 valence electrons. The van der Waals surface area contributed by atoms with Crippen molar-refractivity contribution in [2.75, 3.05) is 36.0 Å². The fourth-order valence-corrected chi connectivity index (χ4v) is 4.42. The third-order valence-corrected chi connectivity index (χ3v) is 6.10. The van der Waals surface area contributed by atoms with Gasteiger partial charge in [-0.1, -0.05) is 0 Å². The molecule has 4 heterocycles. The van der Waals surface area contributed by atoms with Crippen molar-refractivity contribution < 1.29 is 8.81 Å². The number of nitrogens with zero attached hydrogens (tertiary/aromatic N) is 6. The molecule has 29 heavy (non-hydrogen) atoms. The van der Waals surface area contributed by atoms with Crippen LogP contribution < -0.4 is 9.80 Å². The van der Waals surface area contributed by atoms with Crippen molar-refractivity contribution >= 4 is 34.3 Å². The zero-order valence-corrected chi connectivity index (χ0v) is 16.9. The van der Waals surface area contributed by atoms with Crippen molar-refractivity contribution in [3.8, 4) is 10.6 Å². The second kappa shape index (κ2) is 7.07. The van der Waals surface area contributed by atoms with Gasteiger partial charge >= 0.3 is 0 Å². The Bertz CT molecular complexity index is 1160. The largest absolute Gasteiger partial charge is 0.423 e. The van der Waals surface area contributed by atoms with Crippen LogP contribution in [0.2, 0.25) is 0 Å². The number of aromatic nitrogens is 4. The Hall–Kier alpha value is -3.07. The summed E-state index contributed by atoms with van der Waals surface area (Å²) in [7, 11) is 0. The van der Waals surface area contributed by atoms with Crippen molar-refractivity contribution in [3.05, 3.63) is 46.9 Å². The molecule has 7 nitrogen and oxygen atoms in total. The Morgan fingerprint density at radius 2 is 1.76 bits per heavy atom. The molecule has 0 saturated carbocycles. The average Bonchev–Trinajstić information content (AvgIpc) is 3.30. The number of hydrogen-bond acceptors (Lipinski definition) is 8. The first-order valence-electron chi connectivity index (χ1n) is 9.41. The maximum atomic E-state index is 13.4. The lowest BCUT2D eigenvalue weighted by Gasteiger charge is -2.34. The molecule has 0 atom stereocenters. The Morgan fingerprint density at radius 3 is 2.45 bits per heavy atom. The fourth-order valence-electron chi connectivity index (χ4n) is 3.53. The van der Waals surface area contributed by atoms with Crippen LogP contribution in [0.4, 0.5) is 16.2 Å². The van der Waals surface area contributed by atoms with E-state index in [1.54, 1.807) is 17.4 Å². The number of rotatable bonds is 3. The number of thiazole rings is 1. The van der Waals surface area contributed by atoms with E-state index >= 15 is 0 Å². The smallest absolute Gasteiger partial charge is 0.298 e. The zero-order valence-electron chi connectivity index (χ0n) is 16.1. The minimum absolute atomic E-state index is 0.323. The molecule has 0 spiro atoms. The van der Waals surface area contributed by atoms with Crippen LogP contribution >= 0.6 is 11.3 Å². The summed E-state index contributed by atoms with van der Waals surface area (Å²) in [6.45, 7) is 7.03. The lowest BCUT2D eigenvalue weighted by Crippen LogP contribution is -2.47. The lowest BCUT2D eigenvalue weighted by atomic mass is 10.2. The Balaban J connectivity index is 1.28. The highest BCUT2D eigenvalue weighted by molar-refractivity contribution is 7.15. The van der Waals surface area contributed by atoms with Crippen molar-refractivity contribution in [2.45, 2.75) is 13.8 Å². The molecule has 0 amide bonds. The van der Waals surface area contributed by atoms with Gasteiger partial charge in [0.05, 0.1) is 15.6 Å². The third kappa shape index (κ3) is 3.42. The summed E-state index contributed by atoms with van der Waals surface area (Å²) >= 11 is 1.63. The maximum absolute atomic E-state index is 13.4. The summed E-state index contributed by atoms with van der Waals surface area (Å²) in [5.74, 6) is 0.530. The van der Waals surface area contributed by atoms with E-state index in [0.717, 1.165) is 53.3 Å². The molecule has 1 aromatic carbocycles. The Kier molecular flexibility index (Phi) is 4.39. The van der Waals surface area contributed by atoms with Crippen molar-refractivity contribution in [1.82, 2.24) is 20.2 Å². The number of piperazine rings is 1. The molecule has 0 aliphatic carbocycles. The molecule has 3 aromatic heterocycles. The number of anilines is 2. The van der Waals surface area contributed by atoms with Gasteiger partial charge in [0, 0.05) is 32.2 Å². The lowest BCUT2D eigenvalue weighted by molar-refractivity contribution is 0.537. The molecular weight excluding hydrogens is 391 g/mol. The van der Waals surface area contributed by atoms with Crippen LogP contribution in [0.25, 0.3) is 21.7 Å².